The van der Waals surface area contributed by atoms with Gasteiger partial charge in [-0.2, -0.15) is 0 Å². The van der Waals surface area contributed by atoms with Gasteiger partial charge in [0, 0.05) is 6.54 Å². The van der Waals surface area contributed by atoms with Gasteiger partial charge in [0.25, 0.3) is 0 Å². The van der Waals surface area contributed by atoms with E-state index in [1.165, 1.54) is 4.90 Å². The Bertz CT molecular complexity index is 690. The standard InChI is InChI=1S/C20H34N4O7/c1-6-12(2)16(18(28)29)23-17(27)13-8-7-9-24(13)15(26)11-21-14(25)10-22-19(30)31-20(3,4)5/h12-13,16H,6-11H2,1-5H3,(H,21,25)(H,22,30)(H,23,27)(H,28,29)/t12-,13-,16?/m0/s1. The molecule has 4 amide bonds. The molecule has 1 fully saturated rings. The van der Waals surface area contributed by atoms with E-state index >= 15 is 0 Å². The van der Waals surface area contributed by atoms with E-state index in [9.17, 15) is 29.1 Å². The Hall–Kier alpha value is -2.85. The van der Waals surface area contributed by atoms with Crippen LogP contribution in [0.2, 0.25) is 0 Å². The SMILES string of the molecule is CC[C@H](C)C(NC(=O)[C@@H]1CCCN1C(=O)CNC(=O)CNC(=O)OC(C)(C)C)C(=O)O. The average molecular weight is 443 g/mol. The van der Waals surface area contributed by atoms with Crippen molar-refractivity contribution in [3.05, 3.63) is 0 Å². The number of likely N-dealkylation sites (tertiary alicyclic amines) is 1. The summed E-state index contributed by atoms with van der Waals surface area (Å²) in [5, 5.41) is 16.6. The zero-order valence-corrected chi connectivity index (χ0v) is 18.8. The summed E-state index contributed by atoms with van der Waals surface area (Å²) in [5.74, 6) is -2.94. The Morgan fingerprint density at radius 2 is 1.77 bits per heavy atom. The van der Waals surface area contributed by atoms with Crippen LogP contribution in [0.15, 0.2) is 0 Å². The van der Waals surface area contributed by atoms with Gasteiger partial charge in [-0.1, -0.05) is 20.3 Å². The molecular weight excluding hydrogens is 408 g/mol. The predicted molar refractivity (Wildman–Crippen MR) is 111 cm³/mol. The van der Waals surface area contributed by atoms with E-state index in [0.29, 0.717) is 25.8 Å². The van der Waals surface area contributed by atoms with Crippen LogP contribution in [0.4, 0.5) is 4.79 Å². The zero-order valence-electron chi connectivity index (χ0n) is 18.8. The van der Waals surface area contributed by atoms with Crippen LogP contribution in [-0.2, 0) is 23.9 Å². The van der Waals surface area contributed by atoms with Crippen LogP contribution in [-0.4, -0.2) is 77.1 Å². The van der Waals surface area contributed by atoms with Gasteiger partial charge in [-0.25, -0.2) is 9.59 Å². The number of carbonyl (C=O) groups is 5. The highest BCUT2D eigenvalue weighted by atomic mass is 16.6. The Labute approximate surface area is 182 Å². The van der Waals surface area contributed by atoms with Gasteiger partial charge in [-0.05, 0) is 39.5 Å². The number of aliphatic carboxylic acids is 1. The van der Waals surface area contributed by atoms with Gasteiger partial charge >= 0.3 is 12.1 Å². The molecule has 11 nitrogen and oxygen atoms in total. The van der Waals surface area contributed by atoms with E-state index in [1.807, 2.05) is 6.92 Å². The molecule has 0 aromatic rings. The number of alkyl carbamates (subject to hydrolysis) is 1. The summed E-state index contributed by atoms with van der Waals surface area (Å²) in [7, 11) is 0. The number of nitrogens with zero attached hydrogens (tertiary/aromatic N) is 1. The highest BCUT2D eigenvalue weighted by Crippen LogP contribution is 2.18. The third kappa shape index (κ3) is 8.81. The van der Waals surface area contributed by atoms with Crippen LogP contribution in [0.5, 0.6) is 0 Å². The highest BCUT2D eigenvalue weighted by molar-refractivity contribution is 5.93. The third-order valence-electron chi connectivity index (χ3n) is 4.88. The van der Waals surface area contributed by atoms with Crippen molar-refractivity contribution in [2.24, 2.45) is 5.92 Å². The van der Waals surface area contributed by atoms with E-state index in [4.69, 9.17) is 4.74 Å². The number of hydrogen-bond donors (Lipinski definition) is 4. The van der Waals surface area contributed by atoms with E-state index in [-0.39, 0.29) is 19.0 Å². The average Bonchev–Trinajstić information content (AvgIpc) is 3.16. The fraction of sp³-hybridized carbons (Fsp3) is 0.750. The normalized spacial score (nSPS) is 18.0. The first kappa shape index (κ1) is 26.2. The molecule has 1 aliphatic rings. The van der Waals surface area contributed by atoms with Crippen molar-refractivity contribution < 1.29 is 33.8 Å². The predicted octanol–water partition coefficient (Wildman–Crippen LogP) is 0.234. The molecule has 0 radical (unpaired) electrons. The van der Waals surface area contributed by atoms with E-state index in [1.54, 1.807) is 27.7 Å². The zero-order chi connectivity index (χ0) is 23.8. The molecule has 1 aliphatic heterocycles. The van der Waals surface area contributed by atoms with Crippen molar-refractivity contribution in [3.63, 3.8) is 0 Å². The molecule has 0 spiro atoms. The van der Waals surface area contributed by atoms with E-state index < -0.39 is 47.5 Å². The molecule has 1 heterocycles. The van der Waals surface area contributed by atoms with Crippen molar-refractivity contribution >= 4 is 29.8 Å². The molecule has 11 heteroatoms. The van der Waals surface area contributed by atoms with E-state index in [0.717, 1.165) is 0 Å². The second-order valence-corrected chi connectivity index (χ2v) is 8.59. The molecule has 0 bridgehead atoms. The van der Waals surface area contributed by atoms with Crippen molar-refractivity contribution in [1.29, 1.82) is 0 Å². The van der Waals surface area contributed by atoms with Crippen LogP contribution in [0.25, 0.3) is 0 Å². The smallest absolute Gasteiger partial charge is 0.408 e. The molecule has 0 aromatic heterocycles. The van der Waals surface area contributed by atoms with Crippen LogP contribution in [0, 0.1) is 5.92 Å². The van der Waals surface area contributed by atoms with Gasteiger partial charge in [0.1, 0.15) is 24.2 Å². The number of ether oxygens (including phenoxy) is 1. The maximum absolute atomic E-state index is 12.6. The molecule has 3 atom stereocenters. The number of nitrogens with one attached hydrogen (secondary N) is 3. The Morgan fingerprint density at radius 1 is 1.13 bits per heavy atom. The fourth-order valence-electron chi connectivity index (χ4n) is 3.08. The monoisotopic (exact) mass is 442 g/mol. The summed E-state index contributed by atoms with van der Waals surface area (Å²) in [5.41, 5.74) is -0.698. The lowest BCUT2D eigenvalue weighted by Gasteiger charge is -2.27. The van der Waals surface area contributed by atoms with Gasteiger partial charge in [-0.15, -0.1) is 0 Å². The van der Waals surface area contributed by atoms with Crippen molar-refractivity contribution in [2.75, 3.05) is 19.6 Å². The lowest BCUT2D eigenvalue weighted by molar-refractivity contribution is -0.145. The Kier molecular flexibility index (Phi) is 9.73. The van der Waals surface area contributed by atoms with Gasteiger partial charge in [0.05, 0.1) is 6.54 Å². The Morgan fingerprint density at radius 3 is 2.32 bits per heavy atom. The van der Waals surface area contributed by atoms with Crippen molar-refractivity contribution in [2.45, 2.75) is 71.6 Å². The number of carboxylic acid groups (broad SMARTS) is 1. The maximum Gasteiger partial charge on any atom is 0.408 e. The Balaban J connectivity index is 2.55. The largest absolute Gasteiger partial charge is 0.480 e. The molecule has 176 valence electrons. The topological polar surface area (TPSA) is 154 Å². The van der Waals surface area contributed by atoms with Crippen molar-refractivity contribution in [3.8, 4) is 0 Å². The summed E-state index contributed by atoms with van der Waals surface area (Å²) < 4.78 is 5.02. The number of amides is 4. The number of carbonyl (C=O) groups excluding carboxylic acids is 4. The quantitative estimate of drug-likeness (QED) is 0.399. The molecule has 0 saturated carbocycles. The summed E-state index contributed by atoms with van der Waals surface area (Å²) >= 11 is 0. The molecular formula is C20H34N4O7. The maximum atomic E-state index is 12.6. The van der Waals surface area contributed by atoms with E-state index in [2.05, 4.69) is 16.0 Å². The first-order valence-electron chi connectivity index (χ1n) is 10.4. The first-order valence-corrected chi connectivity index (χ1v) is 10.4. The lowest BCUT2D eigenvalue weighted by atomic mass is 9.99. The third-order valence-corrected chi connectivity index (χ3v) is 4.88. The highest BCUT2D eigenvalue weighted by Gasteiger charge is 2.36. The van der Waals surface area contributed by atoms with Gasteiger partial charge in [-0.3, -0.25) is 14.4 Å². The van der Waals surface area contributed by atoms with Gasteiger partial charge < -0.3 is 30.7 Å². The van der Waals surface area contributed by atoms with Crippen LogP contribution < -0.4 is 16.0 Å². The van der Waals surface area contributed by atoms with Crippen molar-refractivity contribution in [1.82, 2.24) is 20.9 Å². The summed E-state index contributed by atoms with van der Waals surface area (Å²) in [6, 6.07) is -1.82. The minimum Gasteiger partial charge on any atom is -0.480 e. The minimum absolute atomic E-state index is 0.260. The number of carboxylic acids is 1. The molecule has 1 unspecified atom stereocenters. The molecule has 1 saturated heterocycles. The number of hydrogen-bond acceptors (Lipinski definition) is 6. The second kappa shape index (κ2) is 11.5. The van der Waals surface area contributed by atoms with Crippen LogP contribution >= 0.6 is 0 Å². The number of rotatable bonds is 9. The molecule has 0 aliphatic carbocycles. The molecule has 1 rings (SSSR count). The fourth-order valence-corrected chi connectivity index (χ4v) is 3.08. The van der Waals surface area contributed by atoms with Crippen LogP contribution in [0.3, 0.4) is 0 Å². The molecule has 31 heavy (non-hydrogen) atoms. The second-order valence-electron chi connectivity index (χ2n) is 8.59. The van der Waals surface area contributed by atoms with Gasteiger partial charge in [0.15, 0.2) is 0 Å². The molecule has 4 N–H and O–H groups in total. The lowest BCUT2D eigenvalue weighted by Crippen LogP contribution is -2.54. The summed E-state index contributed by atoms with van der Waals surface area (Å²) in [4.78, 5) is 61.3. The summed E-state index contributed by atoms with van der Waals surface area (Å²) in [6.45, 7) is 8.27. The van der Waals surface area contributed by atoms with Crippen LogP contribution in [0.1, 0.15) is 53.9 Å². The molecule has 0 aromatic carbocycles. The minimum atomic E-state index is -1.12. The first-order chi connectivity index (χ1) is 14.4. The van der Waals surface area contributed by atoms with Gasteiger partial charge in [0.2, 0.25) is 17.7 Å². The summed E-state index contributed by atoms with van der Waals surface area (Å²) in [6.07, 6.45) is 0.838.